The number of fused-ring (bicyclic) bond motifs is 1. The number of nitrogens with two attached hydrogens (primary N) is 1. The molecular weight excluding hydrogens is 150 g/mol. The van der Waals surface area contributed by atoms with Crippen molar-refractivity contribution in [2.45, 2.75) is 12.3 Å². The van der Waals surface area contributed by atoms with Crippen molar-refractivity contribution in [3.05, 3.63) is 35.4 Å². The fourth-order valence-corrected chi connectivity index (χ4v) is 1.76. The first-order chi connectivity index (χ1) is 5.83. The van der Waals surface area contributed by atoms with Gasteiger partial charge in [-0.25, -0.2) is 0 Å². The van der Waals surface area contributed by atoms with Crippen LogP contribution >= 0.6 is 0 Å². The Kier molecular flexibility index (Phi) is 1.70. The fourth-order valence-electron chi connectivity index (χ4n) is 1.76. The predicted octanol–water partition coefficient (Wildman–Crippen LogP) is 1.32. The molecule has 0 aliphatic heterocycles. The first kappa shape index (κ1) is 7.50. The second-order valence-corrected chi connectivity index (χ2v) is 3.15. The molecule has 62 valence electrons. The summed E-state index contributed by atoms with van der Waals surface area (Å²) in [6, 6.07) is 7.74. The van der Waals surface area contributed by atoms with Crippen LogP contribution in [-0.2, 0) is 0 Å². The topological polar surface area (TPSA) is 43.1 Å². The molecule has 0 aromatic heterocycles. The van der Waals surface area contributed by atoms with Gasteiger partial charge in [-0.2, -0.15) is 0 Å². The lowest BCUT2D eigenvalue weighted by molar-refractivity contribution is 0.0989. The second kappa shape index (κ2) is 2.72. The molecule has 2 nitrogen and oxygen atoms in total. The third-order valence-corrected chi connectivity index (χ3v) is 2.42. The number of carbonyl (C=O) groups is 1. The number of hydrogen-bond acceptors (Lipinski definition) is 2. The molecule has 12 heavy (non-hydrogen) atoms. The molecule has 0 saturated carbocycles. The van der Waals surface area contributed by atoms with Crippen molar-refractivity contribution in [1.82, 2.24) is 0 Å². The van der Waals surface area contributed by atoms with Crippen LogP contribution in [0.4, 0.5) is 0 Å². The number of ketones is 1. The van der Waals surface area contributed by atoms with Gasteiger partial charge >= 0.3 is 0 Å². The molecular formula is C10H11NO. The van der Waals surface area contributed by atoms with Crippen LogP contribution in [0.3, 0.4) is 0 Å². The Morgan fingerprint density at radius 3 is 2.92 bits per heavy atom. The molecule has 0 fully saturated rings. The van der Waals surface area contributed by atoms with E-state index in [2.05, 4.69) is 0 Å². The highest BCUT2D eigenvalue weighted by Gasteiger charge is 2.27. The molecule has 2 heteroatoms. The van der Waals surface area contributed by atoms with Crippen LogP contribution in [0.1, 0.15) is 28.3 Å². The molecule has 0 spiro atoms. The molecule has 0 unspecified atom stereocenters. The summed E-state index contributed by atoms with van der Waals surface area (Å²) in [6.07, 6.45) is 0.593. The standard InChI is InChI=1S/C10H11NO/c11-6-7-5-10(12)9-4-2-1-3-8(7)9/h1-4,7H,5-6,11H2/t7-/m1/s1. The average molecular weight is 161 g/mol. The third kappa shape index (κ3) is 0.959. The lowest BCUT2D eigenvalue weighted by atomic mass is 10.0. The number of Topliss-reactive ketones (excluding diaryl/α,β-unsaturated/α-hetero) is 1. The van der Waals surface area contributed by atoms with Gasteiger partial charge in [0.15, 0.2) is 5.78 Å². The Balaban J connectivity index is 2.50. The van der Waals surface area contributed by atoms with Gasteiger partial charge in [-0.15, -0.1) is 0 Å². The number of rotatable bonds is 1. The predicted molar refractivity (Wildman–Crippen MR) is 47.2 cm³/mol. The van der Waals surface area contributed by atoms with Crippen molar-refractivity contribution in [3.8, 4) is 0 Å². The maximum absolute atomic E-state index is 11.4. The Morgan fingerprint density at radius 1 is 1.42 bits per heavy atom. The van der Waals surface area contributed by atoms with Gasteiger partial charge in [-0.1, -0.05) is 24.3 Å². The van der Waals surface area contributed by atoms with Crippen LogP contribution in [-0.4, -0.2) is 12.3 Å². The van der Waals surface area contributed by atoms with Crippen molar-refractivity contribution in [3.63, 3.8) is 0 Å². The second-order valence-electron chi connectivity index (χ2n) is 3.15. The molecule has 2 rings (SSSR count). The molecule has 0 saturated heterocycles. The number of benzene rings is 1. The summed E-state index contributed by atoms with van der Waals surface area (Å²) in [7, 11) is 0. The van der Waals surface area contributed by atoms with E-state index in [1.54, 1.807) is 0 Å². The van der Waals surface area contributed by atoms with E-state index in [1.807, 2.05) is 24.3 Å². The van der Waals surface area contributed by atoms with Crippen LogP contribution in [0.15, 0.2) is 24.3 Å². The van der Waals surface area contributed by atoms with Crippen molar-refractivity contribution < 1.29 is 4.79 Å². The smallest absolute Gasteiger partial charge is 0.163 e. The lowest BCUT2D eigenvalue weighted by Gasteiger charge is -2.04. The highest BCUT2D eigenvalue weighted by Crippen LogP contribution is 2.31. The zero-order valence-electron chi connectivity index (χ0n) is 6.79. The Morgan fingerprint density at radius 2 is 2.17 bits per heavy atom. The van der Waals surface area contributed by atoms with Gasteiger partial charge in [0.1, 0.15) is 0 Å². The van der Waals surface area contributed by atoms with E-state index < -0.39 is 0 Å². The number of hydrogen-bond donors (Lipinski definition) is 1. The van der Waals surface area contributed by atoms with E-state index in [1.165, 1.54) is 0 Å². The summed E-state index contributed by atoms with van der Waals surface area (Å²) in [6.45, 7) is 0.572. The van der Waals surface area contributed by atoms with E-state index in [4.69, 9.17) is 5.73 Å². The molecule has 2 N–H and O–H groups in total. The maximum Gasteiger partial charge on any atom is 0.163 e. The van der Waals surface area contributed by atoms with Crippen molar-refractivity contribution in [2.24, 2.45) is 5.73 Å². The van der Waals surface area contributed by atoms with Gasteiger partial charge < -0.3 is 5.73 Å². The van der Waals surface area contributed by atoms with E-state index in [0.29, 0.717) is 13.0 Å². The molecule has 0 amide bonds. The molecule has 0 bridgehead atoms. The zero-order valence-corrected chi connectivity index (χ0v) is 6.79. The van der Waals surface area contributed by atoms with Crippen LogP contribution in [0.5, 0.6) is 0 Å². The van der Waals surface area contributed by atoms with Crippen LogP contribution in [0.2, 0.25) is 0 Å². The van der Waals surface area contributed by atoms with Crippen LogP contribution < -0.4 is 5.73 Å². The average Bonchev–Trinajstić information content (AvgIpc) is 2.44. The highest BCUT2D eigenvalue weighted by molar-refractivity contribution is 6.01. The zero-order chi connectivity index (χ0) is 8.55. The monoisotopic (exact) mass is 161 g/mol. The van der Waals surface area contributed by atoms with Crippen molar-refractivity contribution >= 4 is 5.78 Å². The van der Waals surface area contributed by atoms with Gasteiger partial charge in [-0.3, -0.25) is 4.79 Å². The van der Waals surface area contributed by atoms with Gasteiger partial charge in [0.2, 0.25) is 0 Å². The molecule has 1 aromatic rings. The minimum absolute atomic E-state index is 0.237. The SMILES string of the molecule is NC[C@H]1CC(=O)c2ccccc21. The Bertz CT molecular complexity index is 319. The maximum atomic E-state index is 11.4. The fraction of sp³-hybridized carbons (Fsp3) is 0.300. The summed E-state index contributed by atoms with van der Waals surface area (Å²) in [5.41, 5.74) is 7.56. The molecule has 0 radical (unpaired) electrons. The lowest BCUT2D eigenvalue weighted by Crippen LogP contribution is -2.09. The molecule has 1 atom stereocenters. The molecule has 0 heterocycles. The summed E-state index contributed by atoms with van der Waals surface area (Å²) >= 11 is 0. The minimum atomic E-state index is 0.237. The van der Waals surface area contributed by atoms with Gasteiger partial charge in [0.05, 0.1) is 0 Å². The molecule has 1 aliphatic rings. The summed E-state index contributed by atoms with van der Waals surface area (Å²) < 4.78 is 0. The van der Waals surface area contributed by atoms with E-state index in [-0.39, 0.29) is 11.7 Å². The normalized spacial score (nSPS) is 21.1. The van der Waals surface area contributed by atoms with Crippen molar-refractivity contribution in [2.75, 3.05) is 6.54 Å². The van der Waals surface area contributed by atoms with E-state index in [9.17, 15) is 4.79 Å². The van der Waals surface area contributed by atoms with Crippen LogP contribution in [0, 0.1) is 0 Å². The van der Waals surface area contributed by atoms with Crippen LogP contribution in [0.25, 0.3) is 0 Å². The van der Waals surface area contributed by atoms with Gasteiger partial charge in [0.25, 0.3) is 0 Å². The summed E-state index contributed by atoms with van der Waals surface area (Å²) in [5.74, 6) is 0.495. The van der Waals surface area contributed by atoms with E-state index in [0.717, 1.165) is 11.1 Å². The minimum Gasteiger partial charge on any atom is -0.330 e. The first-order valence-corrected chi connectivity index (χ1v) is 4.15. The highest BCUT2D eigenvalue weighted by atomic mass is 16.1. The third-order valence-electron chi connectivity index (χ3n) is 2.42. The van der Waals surface area contributed by atoms with Gasteiger partial charge in [0, 0.05) is 17.9 Å². The summed E-state index contributed by atoms with van der Waals surface area (Å²) in [4.78, 5) is 11.4. The Labute approximate surface area is 71.4 Å². The number of carbonyl (C=O) groups excluding carboxylic acids is 1. The van der Waals surface area contributed by atoms with Crippen molar-refractivity contribution in [1.29, 1.82) is 0 Å². The van der Waals surface area contributed by atoms with E-state index >= 15 is 0 Å². The first-order valence-electron chi connectivity index (χ1n) is 4.15. The Hall–Kier alpha value is -1.15. The largest absolute Gasteiger partial charge is 0.330 e. The quantitative estimate of drug-likeness (QED) is 0.675. The van der Waals surface area contributed by atoms with Gasteiger partial charge in [-0.05, 0) is 12.1 Å². The molecule has 1 aromatic carbocycles. The summed E-state index contributed by atoms with van der Waals surface area (Å²) in [5, 5.41) is 0. The molecule has 1 aliphatic carbocycles.